The van der Waals surface area contributed by atoms with Crippen LogP contribution in [0.15, 0.2) is 16.7 Å². The molecule has 0 aliphatic heterocycles. The summed E-state index contributed by atoms with van der Waals surface area (Å²) in [6.45, 7) is 0.549. The van der Waals surface area contributed by atoms with E-state index in [1.807, 2.05) is 12.3 Å². The molecule has 0 unspecified atom stereocenters. The molecule has 0 radical (unpaired) electrons. The molecule has 2 aromatic heterocycles. The summed E-state index contributed by atoms with van der Waals surface area (Å²) < 4.78 is 8.30. The van der Waals surface area contributed by atoms with Crippen LogP contribution in [0.1, 0.15) is 30.1 Å². The standard InChI is InChI=1S/C11H12BrN3O/c1-16-6-8-9(12)4-5-15-10(7-2-3-7)13-14-11(8)15/h4-5,7H,2-3,6H2,1H3. The molecular formula is C11H12BrN3O. The Kier molecular flexibility index (Phi) is 2.44. The summed E-state index contributed by atoms with van der Waals surface area (Å²) in [7, 11) is 1.69. The second kappa shape index (κ2) is 3.82. The zero-order valence-corrected chi connectivity index (χ0v) is 10.6. The van der Waals surface area contributed by atoms with E-state index in [9.17, 15) is 0 Å². The molecule has 0 atom stereocenters. The molecule has 0 amide bonds. The van der Waals surface area contributed by atoms with Gasteiger partial charge in [-0.1, -0.05) is 15.9 Å². The Hall–Kier alpha value is -0.940. The Balaban J connectivity index is 2.19. The molecule has 1 fully saturated rings. The number of hydrogen-bond acceptors (Lipinski definition) is 3. The minimum atomic E-state index is 0.549. The molecule has 2 heterocycles. The molecule has 16 heavy (non-hydrogen) atoms. The van der Waals surface area contributed by atoms with Gasteiger partial charge in [-0.05, 0) is 18.9 Å². The van der Waals surface area contributed by atoms with E-state index in [1.54, 1.807) is 7.11 Å². The van der Waals surface area contributed by atoms with Gasteiger partial charge in [0.2, 0.25) is 0 Å². The highest BCUT2D eigenvalue weighted by molar-refractivity contribution is 9.10. The van der Waals surface area contributed by atoms with Crippen molar-refractivity contribution in [1.29, 1.82) is 0 Å². The lowest BCUT2D eigenvalue weighted by atomic mass is 10.3. The summed E-state index contributed by atoms with van der Waals surface area (Å²) >= 11 is 3.52. The number of fused-ring (bicyclic) bond motifs is 1. The predicted octanol–water partition coefficient (Wildman–Crippen LogP) is 2.52. The molecular weight excluding hydrogens is 270 g/mol. The van der Waals surface area contributed by atoms with Crippen molar-refractivity contribution in [2.45, 2.75) is 25.4 Å². The lowest BCUT2D eigenvalue weighted by molar-refractivity contribution is 0.185. The largest absolute Gasteiger partial charge is 0.380 e. The highest BCUT2D eigenvalue weighted by atomic mass is 79.9. The lowest BCUT2D eigenvalue weighted by Gasteiger charge is -2.05. The molecule has 0 bridgehead atoms. The van der Waals surface area contributed by atoms with E-state index >= 15 is 0 Å². The topological polar surface area (TPSA) is 39.4 Å². The van der Waals surface area contributed by atoms with Gasteiger partial charge in [0.1, 0.15) is 5.82 Å². The smallest absolute Gasteiger partial charge is 0.167 e. The first-order chi connectivity index (χ1) is 7.81. The number of nitrogens with zero attached hydrogens (tertiary/aromatic N) is 3. The first-order valence-electron chi connectivity index (χ1n) is 5.32. The minimum Gasteiger partial charge on any atom is -0.380 e. The van der Waals surface area contributed by atoms with Gasteiger partial charge in [0.25, 0.3) is 0 Å². The Bertz CT molecular complexity index is 533. The third kappa shape index (κ3) is 1.55. The first kappa shape index (κ1) is 10.2. The average molecular weight is 282 g/mol. The van der Waals surface area contributed by atoms with E-state index in [1.165, 1.54) is 12.8 Å². The summed E-state index contributed by atoms with van der Waals surface area (Å²) in [6.07, 6.45) is 4.49. The fourth-order valence-corrected chi connectivity index (χ4v) is 2.31. The molecule has 1 saturated carbocycles. The number of methoxy groups -OCH3 is 1. The van der Waals surface area contributed by atoms with Crippen molar-refractivity contribution in [2.24, 2.45) is 0 Å². The Morgan fingerprint density at radius 1 is 1.50 bits per heavy atom. The molecule has 0 spiro atoms. The molecule has 84 valence electrons. The maximum Gasteiger partial charge on any atom is 0.167 e. The Morgan fingerprint density at radius 3 is 3.00 bits per heavy atom. The predicted molar refractivity (Wildman–Crippen MR) is 63.4 cm³/mol. The van der Waals surface area contributed by atoms with Crippen LogP contribution in [0.3, 0.4) is 0 Å². The van der Waals surface area contributed by atoms with Crippen LogP contribution < -0.4 is 0 Å². The molecule has 0 saturated heterocycles. The summed E-state index contributed by atoms with van der Waals surface area (Å²) in [6, 6.07) is 2.02. The van der Waals surface area contributed by atoms with Gasteiger partial charge in [0.05, 0.1) is 6.61 Å². The van der Waals surface area contributed by atoms with E-state index in [0.29, 0.717) is 12.5 Å². The number of rotatable bonds is 3. The number of hydrogen-bond donors (Lipinski definition) is 0. The van der Waals surface area contributed by atoms with E-state index in [-0.39, 0.29) is 0 Å². The fraction of sp³-hybridized carbons (Fsp3) is 0.455. The number of ether oxygens (including phenoxy) is 1. The Labute approximate surface area is 102 Å². The number of aromatic nitrogens is 3. The van der Waals surface area contributed by atoms with Crippen molar-refractivity contribution < 1.29 is 4.74 Å². The van der Waals surface area contributed by atoms with Crippen LogP contribution >= 0.6 is 15.9 Å². The van der Waals surface area contributed by atoms with Gasteiger partial charge in [-0.2, -0.15) is 0 Å². The second-order valence-electron chi connectivity index (χ2n) is 4.10. The van der Waals surface area contributed by atoms with Crippen LogP contribution in [-0.2, 0) is 11.3 Å². The highest BCUT2D eigenvalue weighted by Crippen LogP contribution is 2.39. The second-order valence-corrected chi connectivity index (χ2v) is 4.96. The van der Waals surface area contributed by atoms with Crippen molar-refractivity contribution in [2.75, 3.05) is 7.11 Å². The Morgan fingerprint density at radius 2 is 2.31 bits per heavy atom. The maximum absolute atomic E-state index is 5.19. The quantitative estimate of drug-likeness (QED) is 0.868. The molecule has 5 heteroatoms. The zero-order valence-electron chi connectivity index (χ0n) is 8.98. The van der Waals surface area contributed by atoms with Crippen molar-refractivity contribution >= 4 is 21.6 Å². The maximum atomic E-state index is 5.19. The summed E-state index contributed by atoms with van der Waals surface area (Å²) in [5, 5.41) is 8.54. The SMILES string of the molecule is COCc1c(Br)ccn2c(C3CC3)nnc12. The number of halogens is 1. The van der Waals surface area contributed by atoms with E-state index in [0.717, 1.165) is 21.5 Å². The molecule has 0 N–H and O–H groups in total. The molecule has 1 aliphatic carbocycles. The molecule has 3 rings (SSSR count). The van der Waals surface area contributed by atoms with Crippen molar-refractivity contribution in [3.8, 4) is 0 Å². The summed E-state index contributed by atoms with van der Waals surface area (Å²) in [4.78, 5) is 0. The van der Waals surface area contributed by atoms with Gasteiger partial charge >= 0.3 is 0 Å². The van der Waals surface area contributed by atoms with Crippen LogP contribution in [0.4, 0.5) is 0 Å². The molecule has 4 nitrogen and oxygen atoms in total. The van der Waals surface area contributed by atoms with E-state index in [2.05, 4.69) is 30.5 Å². The summed E-state index contributed by atoms with van der Waals surface area (Å²) in [5.74, 6) is 1.69. The van der Waals surface area contributed by atoms with Crippen molar-refractivity contribution in [1.82, 2.24) is 14.6 Å². The van der Waals surface area contributed by atoms with Crippen LogP contribution in [0.2, 0.25) is 0 Å². The monoisotopic (exact) mass is 281 g/mol. The third-order valence-corrected chi connectivity index (χ3v) is 3.62. The zero-order chi connectivity index (χ0) is 11.1. The van der Waals surface area contributed by atoms with Gasteiger partial charge in [-0.3, -0.25) is 4.40 Å². The highest BCUT2D eigenvalue weighted by Gasteiger charge is 2.29. The fourth-order valence-electron chi connectivity index (χ4n) is 1.90. The van der Waals surface area contributed by atoms with Gasteiger partial charge in [-0.25, -0.2) is 0 Å². The van der Waals surface area contributed by atoms with Crippen molar-refractivity contribution in [3.05, 3.63) is 28.1 Å². The van der Waals surface area contributed by atoms with Gasteiger partial charge < -0.3 is 4.74 Å². The average Bonchev–Trinajstić information content (AvgIpc) is 3.03. The summed E-state index contributed by atoms with van der Waals surface area (Å²) in [5.41, 5.74) is 1.96. The van der Waals surface area contributed by atoms with E-state index in [4.69, 9.17) is 4.74 Å². The van der Waals surface area contributed by atoms with E-state index < -0.39 is 0 Å². The normalized spacial score (nSPS) is 15.9. The molecule has 0 aromatic carbocycles. The van der Waals surface area contributed by atoms with Gasteiger partial charge in [0, 0.05) is 29.3 Å². The van der Waals surface area contributed by atoms with Crippen LogP contribution in [0, 0.1) is 0 Å². The van der Waals surface area contributed by atoms with Crippen LogP contribution in [0.5, 0.6) is 0 Å². The van der Waals surface area contributed by atoms with Gasteiger partial charge in [-0.15, -0.1) is 10.2 Å². The third-order valence-electron chi connectivity index (χ3n) is 2.88. The first-order valence-corrected chi connectivity index (χ1v) is 6.11. The minimum absolute atomic E-state index is 0.549. The van der Waals surface area contributed by atoms with Gasteiger partial charge in [0.15, 0.2) is 5.65 Å². The number of pyridine rings is 1. The van der Waals surface area contributed by atoms with Crippen LogP contribution in [0.25, 0.3) is 5.65 Å². The van der Waals surface area contributed by atoms with Crippen LogP contribution in [-0.4, -0.2) is 21.7 Å². The molecule has 1 aliphatic rings. The molecule has 2 aromatic rings. The lowest BCUT2D eigenvalue weighted by Crippen LogP contribution is -1.97. The van der Waals surface area contributed by atoms with Crippen molar-refractivity contribution in [3.63, 3.8) is 0 Å².